The summed E-state index contributed by atoms with van der Waals surface area (Å²) in [5, 5.41) is 0. The van der Waals surface area contributed by atoms with Crippen LogP contribution in [0.1, 0.15) is 12.8 Å². The second-order valence-electron chi connectivity index (χ2n) is 4.64. The highest BCUT2D eigenvalue weighted by atomic mass is 32.1. The lowest BCUT2D eigenvalue weighted by molar-refractivity contribution is 0.0894. The number of fused-ring (bicyclic) bond motifs is 1. The number of hydrogen-bond acceptors (Lipinski definition) is 5. The van der Waals surface area contributed by atoms with Crippen molar-refractivity contribution in [3.63, 3.8) is 0 Å². The fourth-order valence-electron chi connectivity index (χ4n) is 2.57. The zero-order chi connectivity index (χ0) is 12.5. The Hall–Kier alpha value is -1.33. The molecule has 1 aliphatic rings. The summed E-state index contributed by atoms with van der Waals surface area (Å²) in [6.45, 7) is 1.95. The summed E-state index contributed by atoms with van der Waals surface area (Å²) in [6.07, 6.45) is 2.59. The third-order valence-electron chi connectivity index (χ3n) is 3.57. The van der Waals surface area contributed by atoms with Crippen LogP contribution in [0.15, 0.2) is 17.6 Å². The van der Waals surface area contributed by atoms with E-state index in [1.165, 1.54) is 0 Å². The molecule has 1 aliphatic heterocycles. The molecule has 0 spiro atoms. The van der Waals surface area contributed by atoms with Crippen LogP contribution in [0, 0.1) is 0 Å². The smallest absolute Gasteiger partial charge is 0.106 e. The zero-order valence-electron chi connectivity index (χ0n) is 10.4. The van der Waals surface area contributed by atoms with Crippen LogP contribution in [0.25, 0.3) is 10.2 Å². The van der Waals surface area contributed by atoms with E-state index >= 15 is 0 Å². The van der Waals surface area contributed by atoms with E-state index in [2.05, 4.69) is 22.0 Å². The molecule has 0 amide bonds. The van der Waals surface area contributed by atoms with Gasteiger partial charge in [-0.3, -0.25) is 0 Å². The highest BCUT2D eigenvalue weighted by Crippen LogP contribution is 2.33. The van der Waals surface area contributed by atoms with E-state index in [9.17, 15) is 0 Å². The molecule has 3 rings (SSSR count). The molecule has 1 saturated heterocycles. The molecule has 2 heterocycles. The minimum atomic E-state index is 0.310. The molecule has 0 radical (unpaired) electrons. The molecule has 2 aromatic rings. The third-order valence-corrected chi connectivity index (χ3v) is 4.36. The second-order valence-corrected chi connectivity index (χ2v) is 5.53. The van der Waals surface area contributed by atoms with Gasteiger partial charge >= 0.3 is 0 Å². The van der Waals surface area contributed by atoms with Crippen molar-refractivity contribution in [2.45, 2.75) is 18.9 Å². The first-order valence-corrected chi connectivity index (χ1v) is 7.07. The largest absolute Gasteiger partial charge is 0.395 e. The number of nitrogens with zero attached hydrogens (tertiary/aromatic N) is 2. The molecule has 2 N–H and O–H groups in total. The van der Waals surface area contributed by atoms with Gasteiger partial charge in [-0.25, -0.2) is 4.98 Å². The van der Waals surface area contributed by atoms with E-state index in [1.54, 1.807) is 18.4 Å². The van der Waals surface area contributed by atoms with Gasteiger partial charge in [0.25, 0.3) is 0 Å². The normalized spacial score (nSPS) is 20.5. The van der Waals surface area contributed by atoms with Gasteiger partial charge in [0.2, 0.25) is 0 Å². The van der Waals surface area contributed by atoms with Crippen LogP contribution in [0.3, 0.4) is 0 Å². The first-order chi connectivity index (χ1) is 8.79. The Morgan fingerprint density at radius 1 is 1.50 bits per heavy atom. The van der Waals surface area contributed by atoms with E-state index in [0.717, 1.165) is 47.5 Å². The lowest BCUT2D eigenvalue weighted by Gasteiger charge is -2.34. The number of ether oxygens (including phenoxy) is 1. The molecule has 0 bridgehead atoms. The Bertz CT molecular complexity index is 554. The molecule has 4 nitrogen and oxygen atoms in total. The van der Waals surface area contributed by atoms with Crippen molar-refractivity contribution in [1.29, 1.82) is 0 Å². The zero-order valence-corrected chi connectivity index (χ0v) is 11.2. The molecule has 18 heavy (non-hydrogen) atoms. The van der Waals surface area contributed by atoms with E-state index in [-0.39, 0.29) is 0 Å². The Morgan fingerprint density at radius 2 is 2.39 bits per heavy atom. The summed E-state index contributed by atoms with van der Waals surface area (Å²) in [4.78, 5) is 6.66. The summed E-state index contributed by atoms with van der Waals surface area (Å²) in [5.41, 5.74) is 10.9. The van der Waals surface area contributed by atoms with E-state index in [0.29, 0.717) is 6.10 Å². The lowest BCUT2D eigenvalue weighted by atomic mass is 10.1. The van der Waals surface area contributed by atoms with Gasteiger partial charge in [-0.15, -0.1) is 11.3 Å². The highest BCUT2D eigenvalue weighted by Gasteiger charge is 2.22. The van der Waals surface area contributed by atoms with Gasteiger partial charge in [0.15, 0.2) is 0 Å². The van der Waals surface area contributed by atoms with Gasteiger partial charge in [-0.05, 0) is 25.0 Å². The van der Waals surface area contributed by atoms with Crippen molar-refractivity contribution in [2.24, 2.45) is 0 Å². The SMILES string of the molecule is COC1CCCN(c2ccc3scnc3c2N)C1. The van der Waals surface area contributed by atoms with Crippen LogP contribution < -0.4 is 10.6 Å². The second kappa shape index (κ2) is 4.74. The van der Waals surface area contributed by atoms with Crippen molar-refractivity contribution in [2.75, 3.05) is 30.8 Å². The van der Waals surface area contributed by atoms with Crippen molar-refractivity contribution >= 4 is 32.9 Å². The number of methoxy groups -OCH3 is 1. The molecule has 96 valence electrons. The van der Waals surface area contributed by atoms with Crippen LogP contribution in [-0.4, -0.2) is 31.3 Å². The van der Waals surface area contributed by atoms with E-state index in [1.807, 2.05) is 5.51 Å². The van der Waals surface area contributed by atoms with Gasteiger partial charge in [0, 0.05) is 20.2 Å². The molecule has 1 aromatic heterocycles. The Balaban J connectivity index is 1.95. The number of anilines is 2. The molecular weight excluding hydrogens is 246 g/mol. The number of nitrogen functional groups attached to an aromatic ring is 1. The van der Waals surface area contributed by atoms with Crippen molar-refractivity contribution in [3.05, 3.63) is 17.6 Å². The van der Waals surface area contributed by atoms with Gasteiger partial charge in [-0.2, -0.15) is 0 Å². The maximum absolute atomic E-state index is 6.24. The molecule has 0 saturated carbocycles. The average Bonchev–Trinajstić information content (AvgIpc) is 2.88. The summed E-state index contributed by atoms with van der Waals surface area (Å²) in [7, 11) is 1.78. The molecule has 1 unspecified atom stereocenters. The Morgan fingerprint density at radius 3 is 3.22 bits per heavy atom. The number of aromatic nitrogens is 1. The summed E-state index contributed by atoms with van der Waals surface area (Å²) < 4.78 is 6.61. The quantitative estimate of drug-likeness (QED) is 0.846. The molecular formula is C13H17N3OS. The minimum Gasteiger partial charge on any atom is -0.395 e. The fraction of sp³-hybridized carbons (Fsp3) is 0.462. The van der Waals surface area contributed by atoms with Gasteiger partial charge in [0.05, 0.1) is 27.7 Å². The van der Waals surface area contributed by atoms with Crippen LogP contribution in [0.4, 0.5) is 11.4 Å². The maximum Gasteiger partial charge on any atom is 0.106 e. The van der Waals surface area contributed by atoms with Crippen molar-refractivity contribution in [1.82, 2.24) is 4.98 Å². The predicted molar refractivity (Wildman–Crippen MR) is 76.3 cm³/mol. The van der Waals surface area contributed by atoms with Crippen molar-refractivity contribution < 1.29 is 4.74 Å². The van der Waals surface area contributed by atoms with Crippen LogP contribution in [-0.2, 0) is 4.74 Å². The average molecular weight is 263 g/mol. The molecule has 1 aromatic carbocycles. The Labute approximate surface area is 110 Å². The molecule has 1 atom stereocenters. The Kier molecular flexibility index (Phi) is 3.09. The maximum atomic E-state index is 6.24. The van der Waals surface area contributed by atoms with Crippen LogP contribution >= 0.6 is 11.3 Å². The minimum absolute atomic E-state index is 0.310. The number of hydrogen-bond donors (Lipinski definition) is 1. The lowest BCUT2D eigenvalue weighted by Crippen LogP contribution is -2.39. The number of benzene rings is 1. The van der Waals surface area contributed by atoms with Gasteiger partial charge in [-0.1, -0.05) is 0 Å². The summed E-state index contributed by atoms with van der Waals surface area (Å²) >= 11 is 1.63. The summed E-state index contributed by atoms with van der Waals surface area (Å²) in [6, 6.07) is 4.21. The number of piperidine rings is 1. The molecule has 5 heteroatoms. The van der Waals surface area contributed by atoms with E-state index < -0.39 is 0 Å². The monoisotopic (exact) mass is 263 g/mol. The van der Waals surface area contributed by atoms with Gasteiger partial charge in [0.1, 0.15) is 5.52 Å². The first kappa shape index (κ1) is 11.7. The molecule has 0 aliphatic carbocycles. The first-order valence-electron chi connectivity index (χ1n) is 6.19. The number of nitrogens with two attached hydrogens (primary N) is 1. The topological polar surface area (TPSA) is 51.4 Å². The molecule has 1 fully saturated rings. The summed E-state index contributed by atoms with van der Waals surface area (Å²) in [5.74, 6) is 0. The van der Waals surface area contributed by atoms with Gasteiger partial charge < -0.3 is 15.4 Å². The van der Waals surface area contributed by atoms with Crippen LogP contribution in [0.5, 0.6) is 0 Å². The van der Waals surface area contributed by atoms with Crippen molar-refractivity contribution in [3.8, 4) is 0 Å². The standard InChI is InChI=1S/C13H17N3OS/c1-17-9-3-2-6-16(7-9)10-4-5-11-13(12(10)14)15-8-18-11/h4-5,8-9H,2-3,6-7,14H2,1H3. The van der Waals surface area contributed by atoms with Crippen LogP contribution in [0.2, 0.25) is 0 Å². The number of thiazole rings is 1. The number of rotatable bonds is 2. The van der Waals surface area contributed by atoms with E-state index in [4.69, 9.17) is 10.5 Å². The predicted octanol–water partition coefficient (Wildman–Crippen LogP) is 2.49. The highest BCUT2D eigenvalue weighted by molar-refractivity contribution is 7.16. The third kappa shape index (κ3) is 1.93. The fourth-order valence-corrected chi connectivity index (χ4v) is 3.26.